The predicted octanol–water partition coefficient (Wildman–Crippen LogP) is 6.40. The Labute approximate surface area is 217 Å². The molecule has 1 aliphatic rings. The van der Waals surface area contributed by atoms with Gasteiger partial charge in [0, 0.05) is 16.1 Å². The summed E-state index contributed by atoms with van der Waals surface area (Å²) in [4.78, 5) is 13.4. The third kappa shape index (κ3) is 4.49. The van der Waals surface area contributed by atoms with E-state index < -0.39 is 17.8 Å². The molecule has 36 heavy (non-hydrogen) atoms. The standard InChI is InChI=1S/C30H21BrN2O3/c31-25-14-8-7-13-22(25)28-23-16-15-21(17-26(23)36-29(33)24(28)18-32)35-30(34)27(19-9-3-1-4-10-19)20-11-5-2-6-12-20/h1-17,27-28H,33H2. The van der Waals surface area contributed by atoms with E-state index in [9.17, 15) is 10.1 Å². The summed E-state index contributed by atoms with van der Waals surface area (Å²) in [6, 6.07) is 34.1. The lowest BCUT2D eigenvalue weighted by Crippen LogP contribution is -2.22. The average molecular weight is 537 g/mol. The van der Waals surface area contributed by atoms with Crippen LogP contribution in [0.5, 0.6) is 11.5 Å². The molecule has 0 bridgehead atoms. The van der Waals surface area contributed by atoms with Crippen molar-refractivity contribution < 1.29 is 14.3 Å². The van der Waals surface area contributed by atoms with Crippen LogP contribution in [0.1, 0.15) is 34.1 Å². The summed E-state index contributed by atoms with van der Waals surface area (Å²) in [6.45, 7) is 0. The molecule has 0 aromatic heterocycles. The van der Waals surface area contributed by atoms with Crippen molar-refractivity contribution in [3.8, 4) is 17.6 Å². The molecule has 2 N–H and O–H groups in total. The number of carbonyl (C=O) groups excluding carboxylic acids is 1. The van der Waals surface area contributed by atoms with E-state index in [2.05, 4.69) is 22.0 Å². The van der Waals surface area contributed by atoms with Crippen LogP contribution in [0.2, 0.25) is 0 Å². The second-order valence-corrected chi connectivity index (χ2v) is 9.18. The first-order chi connectivity index (χ1) is 17.6. The minimum absolute atomic E-state index is 0.0284. The van der Waals surface area contributed by atoms with Crippen molar-refractivity contribution in [3.05, 3.63) is 141 Å². The van der Waals surface area contributed by atoms with Gasteiger partial charge in [-0.1, -0.05) is 101 Å². The van der Waals surface area contributed by atoms with E-state index in [1.165, 1.54) is 0 Å². The molecule has 176 valence electrons. The lowest BCUT2D eigenvalue weighted by molar-refractivity contribution is -0.135. The first kappa shape index (κ1) is 23.4. The Morgan fingerprint density at radius 1 is 0.889 bits per heavy atom. The van der Waals surface area contributed by atoms with Gasteiger partial charge in [-0.3, -0.25) is 4.79 Å². The summed E-state index contributed by atoms with van der Waals surface area (Å²) in [6.07, 6.45) is 0. The number of nitrogens with zero attached hydrogens (tertiary/aromatic N) is 1. The van der Waals surface area contributed by atoms with E-state index in [0.29, 0.717) is 17.1 Å². The minimum atomic E-state index is -0.590. The highest BCUT2D eigenvalue weighted by Gasteiger charge is 2.32. The van der Waals surface area contributed by atoms with Crippen molar-refractivity contribution in [2.24, 2.45) is 5.73 Å². The fraction of sp³-hybridized carbons (Fsp3) is 0.0667. The first-order valence-corrected chi connectivity index (χ1v) is 12.1. The summed E-state index contributed by atoms with van der Waals surface area (Å²) >= 11 is 3.58. The highest BCUT2D eigenvalue weighted by molar-refractivity contribution is 9.10. The van der Waals surface area contributed by atoms with E-state index in [4.69, 9.17) is 15.2 Å². The monoisotopic (exact) mass is 536 g/mol. The summed E-state index contributed by atoms with van der Waals surface area (Å²) in [5.41, 5.74) is 9.79. The Bertz CT molecular complexity index is 1450. The van der Waals surface area contributed by atoms with Crippen molar-refractivity contribution in [2.75, 3.05) is 0 Å². The van der Waals surface area contributed by atoms with Gasteiger partial charge in [-0.15, -0.1) is 0 Å². The number of nitriles is 1. The number of rotatable bonds is 5. The molecule has 5 rings (SSSR count). The molecule has 0 fully saturated rings. The van der Waals surface area contributed by atoms with Gasteiger partial charge in [0.25, 0.3) is 0 Å². The molecular weight excluding hydrogens is 516 g/mol. The molecular formula is C30H21BrN2O3. The van der Waals surface area contributed by atoms with Crippen LogP contribution in [-0.4, -0.2) is 5.97 Å². The second kappa shape index (κ2) is 10.1. The van der Waals surface area contributed by atoms with Crippen molar-refractivity contribution in [1.82, 2.24) is 0 Å². The zero-order chi connectivity index (χ0) is 25.1. The number of carbonyl (C=O) groups is 1. The fourth-order valence-corrected chi connectivity index (χ4v) is 4.97. The molecule has 1 heterocycles. The van der Waals surface area contributed by atoms with Gasteiger partial charge >= 0.3 is 5.97 Å². The molecule has 0 aliphatic carbocycles. The molecule has 1 unspecified atom stereocenters. The molecule has 5 nitrogen and oxygen atoms in total. The van der Waals surface area contributed by atoms with Crippen LogP contribution in [0.3, 0.4) is 0 Å². The first-order valence-electron chi connectivity index (χ1n) is 11.3. The second-order valence-electron chi connectivity index (χ2n) is 8.32. The fourth-order valence-electron chi connectivity index (χ4n) is 4.46. The highest BCUT2D eigenvalue weighted by atomic mass is 79.9. The SMILES string of the molecule is N#CC1=C(N)Oc2cc(OC(=O)C(c3ccccc3)c3ccccc3)ccc2C1c1ccccc1Br. The van der Waals surface area contributed by atoms with Crippen molar-refractivity contribution in [1.29, 1.82) is 5.26 Å². The van der Waals surface area contributed by atoms with Gasteiger partial charge in [0.15, 0.2) is 0 Å². The molecule has 6 heteroatoms. The maximum absolute atomic E-state index is 13.4. The molecule has 0 saturated carbocycles. The Hall–Kier alpha value is -4.34. The smallest absolute Gasteiger partial charge is 0.323 e. The van der Waals surface area contributed by atoms with Crippen LogP contribution in [0.4, 0.5) is 0 Å². The van der Waals surface area contributed by atoms with E-state index >= 15 is 0 Å². The van der Waals surface area contributed by atoms with Crippen LogP contribution in [0.15, 0.2) is 119 Å². The number of benzene rings is 4. The van der Waals surface area contributed by atoms with E-state index in [1.807, 2.05) is 91.0 Å². The average Bonchev–Trinajstić information content (AvgIpc) is 2.89. The van der Waals surface area contributed by atoms with Crippen molar-refractivity contribution >= 4 is 21.9 Å². The number of esters is 1. The Morgan fingerprint density at radius 2 is 1.50 bits per heavy atom. The van der Waals surface area contributed by atoms with Gasteiger partial charge in [-0.05, 0) is 28.8 Å². The Kier molecular flexibility index (Phi) is 6.57. The maximum Gasteiger partial charge on any atom is 0.323 e. The van der Waals surface area contributed by atoms with Crippen LogP contribution in [-0.2, 0) is 4.79 Å². The summed E-state index contributed by atoms with van der Waals surface area (Å²) in [7, 11) is 0. The van der Waals surface area contributed by atoms with Crippen molar-refractivity contribution in [3.63, 3.8) is 0 Å². The zero-order valence-electron chi connectivity index (χ0n) is 19.1. The summed E-state index contributed by atoms with van der Waals surface area (Å²) in [5, 5.41) is 9.81. The molecule has 0 amide bonds. The van der Waals surface area contributed by atoms with Crippen LogP contribution in [0, 0.1) is 11.3 Å². The minimum Gasteiger partial charge on any atom is -0.440 e. The zero-order valence-corrected chi connectivity index (χ0v) is 20.7. The number of fused-ring (bicyclic) bond motifs is 1. The lowest BCUT2D eigenvalue weighted by Gasteiger charge is -2.27. The maximum atomic E-state index is 13.4. The topological polar surface area (TPSA) is 85.3 Å². The molecule has 4 aromatic rings. The lowest BCUT2D eigenvalue weighted by atomic mass is 9.83. The largest absolute Gasteiger partial charge is 0.440 e. The van der Waals surface area contributed by atoms with Gasteiger partial charge in [-0.25, -0.2) is 0 Å². The molecule has 0 spiro atoms. The molecule has 1 aliphatic heterocycles. The third-order valence-electron chi connectivity index (χ3n) is 6.13. The van der Waals surface area contributed by atoms with Gasteiger partial charge in [-0.2, -0.15) is 5.26 Å². The Morgan fingerprint density at radius 3 is 2.11 bits per heavy atom. The van der Waals surface area contributed by atoms with Gasteiger partial charge < -0.3 is 15.2 Å². The number of hydrogen-bond acceptors (Lipinski definition) is 5. The van der Waals surface area contributed by atoms with Crippen LogP contribution in [0.25, 0.3) is 0 Å². The predicted molar refractivity (Wildman–Crippen MR) is 140 cm³/mol. The number of allylic oxidation sites excluding steroid dienone is 1. The van der Waals surface area contributed by atoms with E-state index in [-0.39, 0.29) is 5.88 Å². The highest BCUT2D eigenvalue weighted by Crippen LogP contribution is 2.45. The Balaban J connectivity index is 1.50. The number of nitrogens with two attached hydrogens (primary N) is 1. The number of ether oxygens (including phenoxy) is 2. The van der Waals surface area contributed by atoms with Crippen LogP contribution < -0.4 is 15.2 Å². The van der Waals surface area contributed by atoms with Gasteiger partial charge in [0.2, 0.25) is 5.88 Å². The molecule has 0 saturated heterocycles. The quantitative estimate of drug-likeness (QED) is 0.235. The van der Waals surface area contributed by atoms with E-state index in [0.717, 1.165) is 26.7 Å². The molecule has 0 radical (unpaired) electrons. The number of halogens is 1. The summed E-state index contributed by atoms with van der Waals surface area (Å²) < 4.78 is 12.5. The summed E-state index contributed by atoms with van der Waals surface area (Å²) in [5.74, 6) is -0.622. The van der Waals surface area contributed by atoms with Gasteiger partial charge in [0.1, 0.15) is 29.1 Å². The van der Waals surface area contributed by atoms with Gasteiger partial charge in [0.05, 0.1) is 5.92 Å². The molecule has 4 aromatic carbocycles. The van der Waals surface area contributed by atoms with Crippen LogP contribution >= 0.6 is 15.9 Å². The number of hydrogen-bond donors (Lipinski definition) is 1. The normalized spacial score (nSPS) is 14.5. The molecule has 1 atom stereocenters. The van der Waals surface area contributed by atoms with Crippen molar-refractivity contribution in [2.45, 2.75) is 11.8 Å². The van der Waals surface area contributed by atoms with E-state index in [1.54, 1.807) is 12.1 Å². The third-order valence-corrected chi connectivity index (χ3v) is 6.85.